The summed E-state index contributed by atoms with van der Waals surface area (Å²) in [6.07, 6.45) is 2.22. The van der Waals surface area contributed by atoms with Crippen LogP contribution in [-0.4, -0.2) is 61.4 Å². The van der Waals surface area contributed by atoms with Crippen molar-refractivity contribution in [2.45, 2.75) is 25.6 Å². The van der Waals surface area contributed by atoms with Crippen molar-refractivity contribution < 1.29 is 37.3 Å². The van der Waals surface area contributed by atoms with Gasteiger partial charge in [-0.3, -0.25) is 4.90 Å². The van der Waals surface area contributed by atoms with Crippen molar-refractivity contribution in [2.24, 2.45) is 0 Å². The van der Waals surface area contributed by atoms with E-state index in [1.54, 1.807) is 12.1 Å². The molecular weight excluding hydrogens is 479 g/mol. The Labute approximate surface area is 203 Å². The number of sulfonamides is 1. The van der Waals surface area contributed by atoms with Gasteiger partial charge in [-0.15, -0.1) is 0 Å². The van der Waals surface area contributed by atoms with Crippen molar-refractivity contribution in [3.63, 3.8) is 0 Å². The van der Waals surface area contributed by atoms with Crippen LogP contribution in [0, 0.1) is 5.82 Å². The fraction of sp³-hybridized carbons (Fsp3) is 0.333. The predicted molar refractivity (Wildman–Crippen MR) is 128 cm³/mol. The zero-order chi connectivity index (χ0) is 26.0. The second-order valence-electron chi connectivity index (χ2n) is 8.01. The van der Waals surface area contributed by atoms with Gasteiger partial charge in [0.05, 0.1) is 19.0 Å². The predicted octanol–water partition coefficient (Wildman–Crippen LogP) is 2.72. The van der Waals surface area contributed by atoms with Crippen LogP contribution in [0.15, 0.2) is 60.7 Å². The molecule has 0 radical (unpaired) electrons. The number of morpholine rings is 1. The van der Waals surface area contributed by atoms with Crippen molar-refractivity contribution in [1.29, 1.82) is 0 Å². The Bertz CT molecular complexity index is 1100. The average molecular weight is 509 g/mol. The molecule has 3 N–H and O–H groups in total. The van der Waals surface area contributed by atoms with Gasteiger partial charge in [-0.1, -0.05) is 36.4 Å². The average Bonchev–Trinajstić information content (AvgIpc) is 2.78. The highest BCUT2D eigenvalue weighted by molar-refractivity contribution is 7.88. The van der Waals surface area contributed by atoms with E-state index in [1.807, 2.05) is 31.2 Å². The molecule has 190 valence electrons. The normalized spacial score (nSPS) is 17.4. The summed E-state index contributed by atoms with van der Waals surface area (Å²) in [5, 5.41) is 15.6. The van der Waals surface area contributed by atoms with E-state index in [-0.39, 0.29) is 18.0 Å². The number of carboxylic acid groups (broad SMARTS) is 2. The third-order valence-electron chi connectivity index (χ3n) is 5.04. The highest BCUT2D eigenvalue weighted by Gasteiger charge is 2.22. The number of halogens is 1. The van der Waals surface area contributed by atoms with Gasteiger partial charge in [0.2, 0.25) is 10.0 Å². The molecule has 0 bridgehead atoms. The van der Waals surface area contributed by atoms with Crippen LogP contribution >= 0.6 is 0 Å². The van der Waals surface area contributed by atoms with Crippen molar-refractivity contribution in [3.05, 3.63) is 83.2 Å². The first-order valence-electron chi connectivity index (χ1n) is 10.7. The van der Waals surface area contributed by atoms with E-state index < -0.39 is 22.0 Å². The molecule has 0 amide bonds. The minimum atomic E-state index is -3.24. The molecule has 0 aliphatic carbocycles. The van der Waals surface area contributed by atoms with E-state index in [4.69, 9.17) is 14.9 Å². The maximum atomic E-state index is 13.1. The zero-order valence-corrected chi connectivity index (χ0v) is 20.2. The number of carbonyl (C=O) groups is 2. The SMILES string of the molecule is C[C@@H](NS(C)(=O)=O)c1ccc(CN2CCO[C@@H](c3ccc(F)cc3)C2)cc1.O=C(O)C=CC(=O)O. The highest BCUT2D eigenvalue weighted by atomic mass is 32.2. The number of benzene rings is 2. The summed E-state index contributed by atoms with van der Waals surface area (Å²) < 4.78 is 44.3. The number of carboxylic acids is 2. The van der Waals surface area contributed by atoms with Crippen LogP contribution in [0.5, 0.6) is 0 Å². The van der Waals surface area contributed by atoms with Crippen LogP contribution < -0.4 is 4.72 Å². The van der Waals surface area contributed by atoms with E-state index in [1.165, 1.54) is 12.1 Å². The Morgan fingerprint density at radius 3 is 2.20 bits per heavy atom. The number of nitrogens with one attached hydrogen (secondary N) is 1. The summed E-state index contributed by atoms with van der Waals surface area (Å²) in [6.45, 7) is 4.83. The first-order valence-corrected chi connectivity index (χ1v) is 12.6. The van der Waals surface area contributed by atoms with Gasteiger partial charge < -0.3 is 14.9 Å². The van der Waals surface area contributed by atoms with E-state index in [2.05, 4.69) is 9.62 Å². The van der Waals surface area contributed by atoms with Crippen LogP contribution in [0.1, 0.15) is 35.8 Å². The first kappa shape index (κ1) is 28.1. The molecule has 1 heterocycles. The number of hydrogen-bond donors (Lipinski definition) is 3. The van der Waals surface area contributed by atoms with Crippen molar-refractivity contribution >= 4 is 22.0 Å². The standard InChI is InChI=1S/C20H25FN2O3S.C4H4O4/c1-15(22-27(2,24)25)17-5-3-16(4-6-17)13-23-11-12-26-20(14-23)18-7-9-19(21)10-8-18;5-3(6)1-2-4(7)8/h3-10,15,20,22H,11-14H2,1-2H3;1-2H,(H,5,6)(H,7,8)/t15-,20-;/m1./s1. The molecule has 1 aliphatic heterocycles. The van der Waals surface area contributed by atoms with Crippen molar-refractivity contribution in [2.75, 3.05) is 26.0 Å². The van der Waals surface area contributed by atoms with Gasteiger partial charge in [-0.25, -0.2) is 27.1 Å². The monoisotopic (exact) mass is 508 g/mol. The Morgan fingerprint density at radius 1 is 1.11 bits per heavy atom. The highest BCUT2D eigenvalue weighted by Crippen LogP contribution is 2.24. The molecular formula is C24H29FN2O7S. The van der Waals surface area contributed by atoms with Crippen molar-refractivity contribution in [3.8, 4) is 0 Å². The smallest absolute Gasteiger partial charge is 0.328 e. The summed E-state index contributed by atoms with van der Waals surface area (Å²) >= 11 is 0. The van der Waals surface area contributed by atoms with Gasteiger partial charge in [-0.05, 0) is 35.7 Å². The van der Waals surface area contributed by atoms with Crippen LogP contribution in [0.25, 0.3) is 0 Å². The van der Waals surface area contributed by atoms with Crippen molar-refractivity contribution in [1.82, 2.24) is 9.62 Å². The van der Waals surface area contributed by atoms with Gasteiger partial charge in [0.25, 0.3) is 0 Å². The lowest BCUT2D eigenvalue weighted by Crippen LogP contribution is -2.37. The molecule has 35 heavy (non-hydrogen) atoms. The van der Waals surface area contributed by atoms with E-state index in [9.17, 15) is 22.4 Å². The lowest BCUT2D eigenvalue weighted by atomic mass is 10.1. The van der Waals surface area contributed by atoms with Gasteiger partial charge in [0.15, 0.2) is 0 Å². The van der Waals surface area contributed by atoms with Crippen LogP contribution in [0.4, 0.5) is 4.39 Å². The van der Waals surface area contributed by atoms with Gasteiger partial charge in [0, 0.05) is 37.8 Å². The number of aliphatic carboxylic acids is 2. The van der Waals surface area contributed by atoms with Gasteiger partial charge in [-0.2, -0.15) is 0 Å². The zero-order valence-electron chi connectivity index (χ0n) is 19.4. The van der Waals surface area contributed by atoms with E-state index in [0.717, 1.165) is 42.6 Å². The maximum absolute atomic E-state index is 13.1. The summed E-state index contributed by atoms with van der Waals surface area (Å²) in [6, 6.07) is 14.2. The number of nitrogens with zero attached hydrogens (tertiary/aromatic N) is 1. The topological polar surface area (TPSA) is 133 Å². The van der Waals surface area contributed by atoms with Crippen LogP contribution in [-0.2, 0) is 30.9 Å². The molecule has 0 spiro atoms. The second kappa shape index (κ2) is 13.1. The number of rotatable bonds is 8. The molecule has 11 heteroatoms. The second-order valence-corrected chi connectivity index (χ2v) is 9.79. The largest absolute Gasteiger partial charge is 0.478 e. The third kappa shape index (κ3) is 10.8. The molecule has 2 aromatic rings. The lowest BCUT2D eigenvalue weighted by Gasteiger charge is -2.33. The Balaban J connectivity index is 0.000000466. The molecule has 0 unspecified atom stereocenters. The molecule has 0 aromatic heterocycles. The van der Waals surface area contributed by atoms with Crippen LogP contribution in [0.2, 0.25) is 0 Å². The number of ether oxygens (including phenoxy) is 1. The molecule has 2 atom stereocenters. The van der Waals surface area contributed by atoms with Crippen LogP contribution in [0.3, 0.4) is 0 Å². The summed E-state index contributed by atoms with van der Waals surface area (Å²) in [4.78, 5) is 21.4. The van der Waals surface area contributed by atoms with E-state index >= 15 is 0 Å². The molecule has 1 fully saturated rings. The number of hydrogen-bond acceptors (Lipinski definition) is 6. The summed E-state index contributed by atoms with van der Waals surface area (Å²) in [5.74, 6) is -2.76. The van der Waals surface area contributed by atoms with Gasteiger partial charge in [0.1, 0.15) is 5.82 Å². The quantitative estimate of drug-likeness (QED) is 0.464. The third-order valence-corrected chi connectivity index (χ3v) is 5.82. The summed E-state index contributed by atoms with van der Waals surface area (Å²) in [5.41, 5.74) is 3.07. The molecule has 1 aliphatic rings. The molecule has 2 aromatic carbocycles. The molecule has 3 rings (SSSR count). The fourth-order valence-corrected chi connectivity index (χ4v) is 4.21. The minimum Gasteiger partial charge on any atom is -0.478 e. The summed E-state index contributed by atoms with van der Waals surface area (Å²) in [7, 11) is -3.24. The Hall–Kier alpha value is -3.12. The van der Waals surface area contributed by atoms with Gasteiger partial charge >= 0.3 is 11.9 Å². The Morgan fingerprint density at radius 2 is 1.69 bits per heavy atom. The molecule has 0 saturated carbocycles. The minimum absolute atomic E-state index is 0.0578. The first-order chi connectivity index (χ1) is 16.4. The fourth-order valence-electron chi connectivity index (χ4n) is 3.43. The van der Waals surface area contributed by atoms with E-state index in [0.29, 0.717) is 18.8 Å². The lowest BCUT2D eigenvalue weighted by molar-refractivity contribution is -0.134. The molecule has 1 saturated heterocycles. The maximum Gasteiger partial charge on any atom is 0.328 e. The Kier molecular flexibility index (Phi) is 10.5. The molecule has 9 nitrogen and oxygen atoms in total.